The van der Waals surface area contributed by atoms with Gasteiger partial charge in [0.05, 0.1) is 17.0 Å². The van der Waals surface area contributed by atoms with Gasteiger partial charge >= 0.3 is 0 Å². The van der Waals surface area contributed by atoms with Crippen molar-refractivity contribution in [3.8, 4) is 11.8 Å². The van der Waals surface area contributed by atoms with Gasteiger partial charge in [-0.05, 0) is 22.0 Å². The van der Waals surface area contributed by atoms with Gasteiger partial charge in [-0.3, -0.25) is 0 Å². The molecule has 12 heavy (non-hydrogen) atoms. The molecule has 1 aromatic carbocycles. The molecule has 62 valence electrons. The Kier molecular flexibility index (Phi) is 2.66. The molecule has 0 unspecified atom stereocenters. The highest BCUT2D eigenvalue weighted by atomic mass is 79.9. The molecule has 1 N–H and O–H groups in total. The summed E-state index contributed by atoms with van der Waals surface area (Å²) in [6.07, 6.45) is 0.00468. The van der Waals surface area contributed by atoms with Gasteiger partial charge in [0, 0.05) is 11.6 Å². The second-order valence-electron chi connectivity index (χ2n) is 2.23. The highest BCUT2D eigenvalue weighted by molar-refractivity contribution is 9.10. The van der Waals surface area contributed by atoms with Crippen LogP contribution in [0, 0.1) is 17.1 Å². The van der Waals surface area contributed by atoms with Gasteiger partial charge < -0.3 is 5.11 Å². The molecule has 0 aliphatic rings. The van der Waals surface area contributed by atoms with Crippen molar-refractivity contribution in [2.45, 2.75) is 6.42 Å². The highest BCUT2D eigenvalue weighted by Gasteiger charge is 2.06. The first-order chi connectivity index (χ1) is 5.65. The number of aromatic hydroxyl groups is 1. The predicted octanol–water partition coefficient (Wildman–Crippen LogP) is 2.36. The smallest absolute Gasteiger partial charge is 0.132 e. The Hall–Kier alpha value is -1.08. The Morgan fingerprint density at radius 1 is 1.58 bits per heavy atom. The van der Waals surface area contributed by atoms with Crippen molar-refractivity contribution in [1.29, 1.82) is 5.26 Å². The van der Waals surface area contributed by atoms with E-state index in [1.165, 1.54) is 6.07 Å². The molecule has 0 amide bonds. The molecule has 1 aromatic rings. The van der Waals surface area contributed by atoms with Crippen molar-refractivity contribution in [2.24, 2.45) is 0 Å². The lowest BCUT2D eigenvalue weighted by molar-refractivity contribution is 0.464. The first-order valence-corrected chi connectivity index (χ1v) is 3.98. The molecule has 0 saturated carbocycles. The largest absolute Gasteiger partial charge is 0.507 e. The molecular formula is C8H5BrFNO. The second kappa shape index (κ2) is 3.55. The van der Waals surface area contributed by atoms with E-state index in [-0.39, 0.29) is 17.7 Å². The van der Waals surface area contributed by atoms with E-state index < -0.39 is 5.82 Å². The van der Waals surface area contributed by atoms with Crippen LogP contribution >= 0.6 is 15.9 Å². The SMILES string of the molecule is N#CCc1cc(Br)c(O)cc1F. The summed E-state index contributed by atoms with van der Waals surface area (Å²) in [7, 11) is 0. The Balaban J connectivity index is 3.16. The van der Waals surface area contributed by atoms with E-state index in [1.54, 1.807) is 0 Å². The Bertz CT molecular complexity index is 346. The Morgan fingerprint density at radius 3 is 2.83 bits per heavy atom. The fourth-order valence-electron chi connectivity index (χ4n) is 0.798. The molecule has 0 radical (unpaired) electrons. The molecular weight excluding hydrogens is 225 g/mol. The van der Waals surface area contributed by atoms with E-state index >= 15 is 0 Å². The van der Waals surface area contributed by atoms with Crippen molar-refractivity contribution in [3.05, 3.63) is 28.0 Å². The summed E-state index contributed by atoms with van der Waals surface area (Å²) in [5.74, 6) is -0.716. The van der Waals surface area contributed by atoms with Gasteiger partial charge in [0.25, 0.3) is 0 Å². The first-order valence-electron chi connectivity index (χ1n) is 3.19. The predicted molar refractivity (Wildman–Crippen MR) is 45.1 cm³/mol. The zero-order valence-electron chi connectivity index (χ0n) is 6.01. The third kappa shape index (κ3) is 1.74. The second-order valence-corrected chi connectivity index (χ2v) is 3.08. The van der Waals surface area contributed by atoms with Crippen LogP contribution in [-0.2, 0) is 6.42 Å². The summed E-state index contributed by atoms with van der Waals surface area (Å²) >= 11 is 3.02. The summed E-state index contributed by atoms with van der Waals surface area (Å²) < 4.78 is 13.3. The zero-order valence-corrected chi connectivity index (χ0v) is 7.60. The van der Waals surface area contributed by atoms with Crippen LogP contribution in [-0.4, -0.2) is 5.11 Å². The number of benzene rings is 1. The lowest BCUT2D eigenvalue weighted by Crippen LogP contribution is -1.88. The number of phenols is 1. The lowest BCUT2D eigenvalue weighted by atomic mass is 10.1. The number of nitriles is 1. The van der Waals surface area contributed by atoms with Gasteiger partial charge in [-0.1, -0.05) is 0 Å². The summed E-state index contributed by atoms with van der Waals surface area (Å²) in [6.45, 7) is 0. The minimum atomic E-state index is -0.558. The monoisotopic (exact) mass is 229 g/mol. The van der Waals surface area contributed by atoms with Crippen LogP contribution < -0.4 is 0 Å². The van der Waals surface area contributed by atoms with Crippen LogP contribution in [0.15, 0.2) is 16.6 Å². The first kappa shape index (κ1) is 9.01. The number of hydrogen-bond acceptors (Lipinski definition) is 2. The number of hydrogen-bond donors (Lipinski definition) is 1. The van der Waals surface area contributed by atoms with Gasteiger partial charge in [-0.2, -0.15) is 5.26 Å². The van der Waals surface area contributed by atoms with Crippen molar-refractivity contribution in [2.75, 3.05) is 0 Å². The van der Waals surface area contributed by atoms with Crippen molar-refractivity contribution < 1.29 is 9.50 Å². The quantitative estimate of drug-likeness (QED) is 0.804. The fourth-order valence-corrected chi connectivity index (χ4v) is 1.19. The molecule has 0 saturated heterocycles. The minimum absolute atomic E-state index is 0.00468. The summed E-state index contributed by atoms with van der Waals surface area (Å²) in [5.41, 5.74) is 0.280. The Morgan fingerprint density at radius 2 is 2.25 bits per heavy atom. The molecule has 0 fully saturated rings. The highest BCUT2D eigenvalue weighted by Crippen LogP contribution is 2.26. The molecule has 0 spiro atoms. The third-order valence-corrected chi connectivity index (χ3v) is 2.02. The molecule has 0 aliphatic heterocycles. The van der Waals surface area contributed by atoms with E-state index in [0.717, 1.165) is 6.07 Å². The van der Waals surface area contributed by atoms with Crippen LogP contribution in [0.25, 0.3) is 0 Å². The molecule has 1 rings (SSSR count). The fraction of sp³-hybridized carbons (Fsp3) is 0.125. The average Bonchev–Trinajstić information content (AvgIpc) is 2.01. The number of halogens is 2. The normalized spacial score (nSPS) is 9.42. The van der Waals surface area contributed by atoms with Crippen LogP contribution in [0.4, 0.5) is 4.39 Å². The van der Waals surface area contributed by atoms with Gasteiger partial charge in [-0.25, -0.2) is 4.39 Å². The Labute approximate surface area is 77.4 Å². The minimum Gasteiger partial charge on any atom is -0.507 e. The summed E-state index contributed by atoms with van der Waals surface area (Å²) in [6, 6.07) is 4.21. The maximum atomic E-state index is 12.9. The van der Waals surface area contributed by atoms with Crippen LogP contribution in [0.2, 0.25) is 0 Å². The maximum absolute atomic E-state index is 12.9. The maximum Gasteiger partial charge on any atom is 0.132 e. The molecule has 0 heterocycles. The van der Waals surface area contributed by atoms with Crippen molar-refractivity contribution >= 4 is 15.9 Å². The van der Waals surface area contributed by atoms with Gasteiger partial charge in [-0.15, -0.1) is 0 Å². The zero-order chi connectivity index (χ0) is 9.14. The van der Waals surface area contributed by atoms with E-state index in [1.807, 2.05) is 6.07 Å². The summed E-state index contributed by atoms with van der Waals surface area (Å²) in [5, 5.41) is 17.3. The standard InChI is InChI=1S/C8H5BrFNO/c9-6-3-5(1-2-11)7(10)4-8(6)12/h3-4,12H,1H2. The average molecular weight is 230 g/mol. The molecule has 0 bridgehead atoms. The van der Waals surface area contributed by atoms with Gasteiger partial charge in [0.1, 0.15) is 11.6 Å². The molecule has 0 atom stereocenters. The molecule has 2 nitrogen and oxygen atoms in total. The number of rotatable bonds is 1. The van der Waals surface area contributed by atoms with Crippen molar-refractivity contribution in [3.63, 3.8) is 0 Å². The van der Waals surface area contributed by atoms with Crippen LogP contribution in [0.5, 0.6) is 5.75 Å². The van der Waals surface area contributed by atoms with E-state index in [2.05, 4.69) is 15.9 Å². The van der Waals surface area contributed by atoms with Crippen molar-refractivity contribution in [1.82, 2.24) is 0 Å². The number of nitrogens with zero attached hydrogens (tertiary/aromatic N) is 1. The lowest BCUT2D eigenvalue weighted by Gasteiger charge is -2.00. The van der Waals surface area contributed by atoms with Crippen LogP contribution in [0.3, 0.4) is 0 Å². The van der Waals surface area contributed by atoms with E-state index in [4.69, 9.17) is 10.4 Å². The summed E-state index contributed by atoms with van der Waals surface area (Å²) in [4.78, 5) is 0. The van der Waals surface area contributed by atoms with E-state index in [9.17, 15) is 4.39 Å². The molecule has 0 aromatic heterocycles. The van der Waals surface area contributed by atoms with Gasteiger partial charge in [0.2, 0.25) is 0 Å². The topological polar surface area (TPSA) is 44.0 Å². The van der Waals surface area contributed by atoms with Gasteiger partial charge in [0.15, 0.2) is 0 Å². The third-order valence-electron chi connectivity index (χ3n) is 1.39. The van der Waals surface area contributed by atoms with E-state index in [0.29, 0.717) is 4.47 Å². The number of phenolic OH excluding ortho intramolecular Hbond substituents is 1. The molecule has 4 heteroatoms. The van der Waals surface area contributed by atoms with Crippen LogP contribution in [0.1, 0.15) is 5.56 Å². The molecule has 0 aliphatic carbocycles.